The minimum absolute atomic E-state index is 0.0193. The summed E-state index contributed by atoms with van der Waals surface area (Å²) < 4.78 is 41.5. The van der Waals surface area contributed by atoms with Gasteiger partial charge in [0.15, 0.2) is 3.79 Å². The van der Waals surface area contributed by atoms with Crippen LogP contribution in [0.3, 0.4) is 0 Å². The molecule has 0 saturated carbocycles. The first-order valence-electron chi connectivity index (χ1n) is 7.53. The lowest BCUT2D eigenvalue weighted by Crippen LogP contribution is -2.37. The summed E-state index contributed by atoms with van der Waals surface area (Å²) in [6.45, 7) is 0.988. The minimum atomic E-state index is -4.21. The third-order valence-corrected chi connectivity index (χ3v) is 5.55. The molecule has 2 aromatic carbocycles. The van der Waals surface area contributed by atoms with E-state index in [0.717, 1.165) is 17.7 Å². The Morgan fingerprint density at radius 2 is 1.70 bits per heavy atom. The first-order chi connectivity index (χ1) is 12.3. The number of halogens is 5. The lowest BCUT2D eigenvalue weighted by Gasteiger charge is -2.31. The average Bonchev–Trinajstić information content (AvgIpc) is 2.51. The Labute approximate surface area is 176 Å². The summed E-state index contributed by atoms with van der Waals surface area (Å²) in [5.74, 6) is -0.748. The summed E-state index contributed by atoms with van der Waals surface area (Å²) in [4.78, 5) is -0.110. The second-order valence-electron chi connectivity index (χ2n) is 6.01. The fourth-order valence-electron chi connectivity index (χ4n) is 2.34. The SMILES string of the molecule is Cc1ccc(S(=O)(=O)OCC(O)(CC(Cl)(Cl)Cl)c2cc(F)cc(Cl)c2)cc1. The van der Waals surface area contributed by atoms with Gasteiger partial charge in [-0.25, -0.2) is 4.39 Å². The molecule has 0 aromatic heterocycles. The van der Waals surface area contributed by atoms with Crippen LogP contribution in [0.1, 0.15) is 17.5 Å². The lowest BCUT2D eigenvalue weighted by molar-refractivity contribution is -0.0143. The van der Waals surface area contributed by atoms with E-state index in [0.29, 0.717) is 0 Å². The van der Waals surface area contributed by atoms with Gasteiger partial charge in [-0.15, -0.1) is 0 Å². The normalized spacial score (nSPS) is 14.8. The number of hydrogen-bond donors (Lipinski definition) is 1. The van der Waals surface area contributed by atoms with Gasteiger partial charge in [0.1, 0.15) is 11.4 Å². The quantitative estimate of drug-likeness (QED) is 0.464. The zero-order chi connectivity index (χ0) is 20.5. The molecule has 1 atom stereocenters. The molecule has 0 fully saturated rings. The number of hydrogen-bond acceptors (Lipinski definition) is 4. The molecule has 2 rings (SSSR count). The van der Waals surface area contributed by atoms with Crippen molar-refractivity contribution in [2.75, 3.05) is 6.61 Å². The number of benzene rings is 2. The fraction of sp³-hybridized carbons (Fsp3) is 0.294. The van der Waals surface area contributed by atoms with E-state index in [9.17, 15) is 17.9 Å². The van der Waals surface area contributed by atoms with Crippen LogP contribution in [0.5, 0.6) is 0 Å². The molecule has 0 aliphatic rings. The van der Waals surface area contributed by atoms with Gasteiger partial charge in [-0.2, -0.15) is 8.42 Å². The Balaban J connectivity index is 2.36. The molecular formula is C17H15Cl4FO4S. The number of rotatable bonds is 6. The van der Waals surface area contributed by atoms with E-state index < -0.39 is 38.4 Å². The van der Waals surface area contributed by atoms with Crippen LogP contribution in [0.4, 0.5) is 4.39 Å². The van der Waals surface area contributed by atoms with Crippen LogP contribution in [0, 0.1) is 12.7 Å². The van der Waals surface area contributed by atoms with E-state index in [1.54, 1.807) is 19.1 Å². The molecule has 0 radical (unpaired) electrons. The van der Waals surface area contributed by atoms with Crippen LogP contribution in [0.15, 0.2) is 47.4 Å². The summed E-state index contributed by atoms with van der Waals surface area (Å²) >= 11 is 23.1. The predicted octanol–water partition coefficient (Wildman–Crippen LogP) is 5.14. The first kappa shape index (κ1) is 22.7. The van der Waals surface area contributed by atoms with E-state index in [1.807, 2.05) is 0 Å². The van der Waals surface area contributed by atoms with Crippen molar-refractivity contribution < 1.29 is 22.1 Å². The monoisotopic (exact) mass is 474 g/mol. The van der Waals surface area contributed by atoms with Gasteiger partial charge in [0.25, 0.3) is 10.1 Å². The topological polar surface area (TPSA) is 63.6 Å². The molecule has 0 bridgehead atoms. The molecule has 4 nitrogen and oxygen atoms in total. The smallest absolute Gasteiger partial charge is 0.297 e. The maximum Gasteiger partial charge on any atom is 0.297 e. The minimum Gasteiger partial charge on any atom is -0.383 e. The average molecular weight is 476 g/mol. The third kappa shape index (κ3) is 6.46. The highest BCUT2D eigenvalue weighted by Gasteiger charge is 2.40. The molecule has 0 aliphatic carbocycles. The molecule has 27 heavy (non-hydrogen) atoms. The highest BCUT2D eigenvalue weighted by atomic mass is 35.6. The largest absolute Gasteiger partial charge is 0.383 e. The lowest BCUT2D eigenvalue weighted by atomic mass is 9.92. The summed E-state index contributed by atoms with van der Waals surface area (Å²) in [5, 5.41) is 10.9. The third-order valence-electron chi connectivity index (χ3n) is 3.66. The number of alkyl halides is 3. The van der Waals surface area contributed by atoms with Gasteiger partial charge in [0, 0.05) is 11.4 Å². The Morgan fingerprint density at radius 3 is 2.22 bits per heavy atom. The van der Waals surface area contributed by atoms with Gasteiger partial charge in [0.05, 0.1) is 11.5 Å². The number of aliphatic hydroxyl groups is 1. The second-order valence-corrected chi connectivity index (χ2v) is 10.6. The van der Waals surface area contributed by atoms with E-state index >= 15 is 0 Å². The van der Waals surface area contributed by atoms with Crippen molar-refractivity contribution in [2.24, 2.45) is 0 Å². The van der Waals surface area contributed by atoms with E-state index in [1.165, 1.54) is 18.2 Å². The first-order valence-corrected chi connectivity index (χ1v) is 10.4. The summed E-state index contributed by atoms with van der Waals surface area (Å²) in [6, 6.07) is 9.12. The molecule has 148 valence electrons. The van der Waals surface area contributed by atoms with Crippen LogP contribution in [-0.2, 0) is 19.9 Å². The molecule has 0 saturated heterocycles. The van der Waals surface area contributed by atoms with Crippen molar-refractivity contribution in [2.45, 2.75) is 27.6 Å². The van der Waals surface area contributed by atoms with Crippen molar-refractivity contribution in [3.63, 3.8) is 0 Å². The van der Waals surface area contributed by atoms with Gasteiger partial charge in [-0.1, -0.05) is 64.1 Å². The van der Waals surface area contributed by atoms with Gasteiger partial charge in [0.2, 0.25) is 0 Å². The molecule has 0 spiro atoms. The summed E-state index contributed by atoms with van der Waals surface area (Å²) in [7, 11) is -4.21. The van der Waals surface area contributed by atoms with Crippen LogP contribution >= 0.6 is 46.4 Å². The van der Waals surface area contributed by atoms with Gasteiger partial charge in [-0.05, 0) is 42.8 Å². The molecule has 1 unspecified atom stereocenters. The maximum absolute atomic E-state index is 13.7. The Hall–Kier alpha value is -0.600. The summed E-state index contributed by atoms with van der Waals surface area (Å²) in [6.07, 6.45) is -0.562. The fourth-order valence-corrected chi connectivity index (χ4v) is 4.18. The molecule has 0 heterocycles. The van der Waals surface area contributed by atoms with Crippen molar-refractivity contribution in [1.82, 2.24) is 0 Å². The second kappa shape index (κ2) is 8.41. The molecule has 0 aliphatic heterocycles. The van der Waals surface area contributed by atoms with Crippen LogP contribution < -0.4 is 0 Å². The van der Waals surface area contributed by atoms with Gasteiger partial charge < -0.3 is 5.11 Å². The van der Waals surface area contributed by atoms with Crippen LogP contribution in [0.2, 0.25) is 5.02 Å². The van der Waals surface area contributed by atoms with Gasteiger partial charge >= 0.3 is 0 Å². The van der Waals surface area contributed by atoms with E-state index in [2.05, 4.69) is 0 Å². The van der Waals surface area contributed by atoms with Crippen LogP contribution in [-0.4, -0.2) is 23.9 Å². The van der Waals surface area contributed by atoms with Crippen molar-refractivity contribution in [3.05, 3.63) is 64.4 Å². The van der Waals surface area contributed by atoms with Gasteiger partial charge in [-0.3, -0.25) is 4.18 Å². The predicted molar refractivity (Wildman–Crippen MR) is 105 cm³/mol. The molecule has 0 amide bonds. The standard InChI is InChI=1S/C17H15Cl4FO4S/c1-11-2-4-15(5-3-11)27(24,25)26-10-16(23,9-17(19,20)21)12-6-13(18)8-14(22)7-12/h2-8,23H,9-10H2,1H3. The van der Waals surface area contributed by atoms with Crippen LogP contribution in [0.25, 0.3) is 0 Å². The zero-order valence-electron chi connectivity index (χ0n) is 13.9. The summed E-state index contributed by atoms with van der Waals surface area (Å²) in [5.41, 5.74) is -1.36. The van der Waals surface area contributed by atoms with Crippen molar-refractivity contribution >= 4 is 56.5 Å². The van der Waals surface area contributed by atoms with Crippen molar-refractivity contribution in [1.29, 1.82) is 0 Å². The van der Waals surface area contributed by atoms with E-state index in [4.69, 9.17) is 50.6 Å². The maximum atomic E-state index is 13.7. The molecule has 2 aromatic rings. The molecule has 1 N–H and O–H groups in total. The number of aryl methyl sites for hydroxylation is 1. The Morgan fingerprint density at radius 1 is 1.11 bits per heavy atom. The molecule has 10 heteroatoms. The highest BCUT2D eigenvalue weighted by molar-refractivity contribution is 7.86. The van der Waals surface area contributed by atoms with Crippen molar-refractivity contribution in [3.8, 4) is 0 Å². The Kier molecular flexibility index (Phi) is 7.07. The molecular weight excluding hydrogens is 461 g/mol. The zero-order valence-corrected chi connectivity index (χ0v) is 17.8. The Bertz CT molecular complexity index is 893. The highest BCUT2D eigenvalue weighted by Crippen LogP contribution is 2.41. The van der Waals surface area contributed by atoms with E-state index in [-0.39, 0.29) is 15.5 Å².